The third-order valence-corrected chi connectivity index (χ3v) is 5.43. The molecule has 7 nitrogen and oxygen atoms in total. The number of H-pyrrole nitrogens is 2. The van der Waals surface area contributed by atoms with Crippen LogP contribution in [-0.2, 0) is 11.3 Å². The van der Waals surface area contributed by atoms with Gasteiger partial charge in [-0.05, 0) is 30.7 Å². The second kappa shape index (κ2) is 7.77. The van der Waals surface area contributed by atoms with Crippen LogP contribution in [0.5, 0.6) is 0 Å². The molecule has 0 radical (unpaired) electrons. The van der Waals surface area contributed by atoms with E-state index in [0.29, 0.717) is 23.3 Å². The number of carbonyl (C=O) groups is 1. The molecule has 2 aromatic carbocycles. The average Bonchev–Trinajstić information content (AvgIpc) is 3.27. The van der Waals surface area contributed by atoms with Crippen molar-refractivity contribution in [2.75, 3.05) is 5.32 Å². The maximum absolute atomic E-state index is 12.6. The summed E-state index contributed by atoms with van der Waals surface area (Å²) >= 11 is 1.41. The number of carbonyl (C=O) groups excluding carboxylic acids is 1. The van der Waals surface area contributed by atoms with Crippen molar-refractivity contribution in [1.82, 2.24) is 19.5 Å². The number of amides is 1. The van der Waals surface area contributed by atoms with E-state index in [0.717, 1.165) is 5.16 Å². The number of benzene rings is 2. The Bertz CT molecular complexity index is 1160. The monoisotopic (exact) mass is 393 g/mol. The highest BCUT2D eigenvalue weighted by Crippen LogP contribution is 2.24. The van der Waals surface area contributed by atoms with E-state index in [1.54, 1.807) is 24.4 Å². The predicted octanol–water partition coefficient (Wildman–Crippen LogP) is 3.22. The first-order valence-corrected chi connectivity index (χ1v) is 9.71. The van der Waals surface area contributed by atoms with Gasteiger partial charge in [0.15, 0.2) is 5.16 Å². The van der Waals surface area contributed by atoms with Crippen molar-refractivity contribution in [3.63, 3.8) is 0 Å². The van der Waals surface area contributed by atoms with Gasteiger partial charge in [0.2, 0.25) is 5.91 Å². The molecule has 8 heteroatoms. The number of hydrogen-bond donors (Lipinski definition) is 3. The summed E-state index contributed by atoms with van der Waals surface area (Å²) < 4.78 is 2.03. The standard InChI is InChI=1S/C20H19N5O2S/c1-13(18(26)22-15-7-8-16-17(11-15)24-19(27)23-16)28-20-21-9-10-25(20)12-14-5-3-2-4-6-14/h2-11,13H,12H2,1H3,(H,22,26)(H2,23,24,27)/t13-/m0/s1. The number of aromatic nitrogens is 4. The lowest BCUT2D eigenvalue weighted by Gasteiger charge is -2.13. The van der Waals surface area contributed by atoms with E-state index in [4.69, 9.17) is 0 Å². The molecule has 0 aliphatic heterocycles. The SMILES string of the molecule is C[C@H](Sc1nccn1Cc1ccccc1)C(=O)Nc1ccc2[nH]c(=O)[nH]c2c1. The summed E-state index contributed by atoms with van der Waals surface area (Å²) in [5, 5.41) is 3.35. The van der Waals surface area contributed by atoms with Gasteiger partial charge in [0, 0.05) is 24.6 Å². The highest BCUT2D eigenvalue weighted by molar-refractivity contribution is 8.00. The molecule has 0 aliphatic carbocycles. The normalized spacial score (nSPS) is 12.2. The van der Waals surface area contributed by atoms with E-state index < -0.39 is 0 Å². The van der Waals surface area contributed by atoms with Crippen LogP contribution in [0.2, 0.25) is 0 Å². The van der Waals surface area contributed by atoms with Crippen molar-refractivity contribution in [2.24, 2.45) is 0 Å². The van der Waals surface area contributed by atoms with Gasteiger partial charge in [-0.1, -0.05) is 42.1 Å². The first kappa shape index (κ1) is 18.1. The first-order valence-electron chi connectivity index (χ1n) is 8.83. The Labute approximate surface area is 165 Å². The zero-order chi connectivity index (χ0) is 19.5. The molecule has 1 atom stereocenters. The van der Waals surface area contributed by atoms with Crippen LogP contribution in [0.1, 0.15) is 12.5 Å². The van der Waals surface area contributed by atoms with Crippen molar-refractivity contribution in [3.05, 3.63) is 77.0 Å². The molecule has 142 valence electrons. The number of imidazole rings is 2. The molecule has 1 amide bonds. The molecule has 0 saturated heterocycles. The summed E-state index contributed by atoms with van der Waals surface area (Å²) in [7, 11) is 0. The number of anilines is 1. The molecule has 0 fully saturated rings. The highest BCUT2D eigenvalue weighted by atomic mass is 32.2. The van der Waals surface area contributed by atoms with Gasteiger partial charge >= 0.3 is 5.69 Å². The van der Waals surface area contributed by atoms with Crippen LogP contribution in [0.25, 0.3) is 11.0 Å². The van der Waals surface area contributed by atoms with Gasteiger partial charge in [-0.2, -0.15) is 0 Å². The van der Waals surface area contributed by atoms with E-state index in [-0.39, 0.29) is 16.8 Å². The van der Waals surface area contributed by atoms with E-state index in [1.165, 1.54) is 17.3 Å². The fourth-order valence-corrected chi connectivity index (χ4v) is 3.74. The molecule has 3 N–H and O–H groups in total. The second-order valence-electron chi connectivity index (χ2n) is 6.41. The molecular formula is C20H19N5O2S. The Morgan fingerprint density at radius 2 is 1.96 bits per heavy atom. The molecule has 4 rings (SSSR count). The van der Waals surface area contributed by atoms with Gasteiger partial charge in [-0.25, -0.2) is 9.78 Å². The van der Waals surface area contributed by atoms with Gasteiger partial charge in [0.25, 0.3) is 0 Å². The van der Waals surface area contributed by atoms with E-state index >= 15 is 0 Å². The third kappa shape index (κ3) is 4.01. The molecule has 0 aliphatic rings. The number of nitrogens with one attached hydrogen (secondary N) is 3. The number of nitrogens with zero attached hydrogens (tertiary/aromatic N) is 2. The lowest BCUT2D eigenvalue weighted by molar-refractivity contribution is -0.115. The van der Waals surface area contributed by atoms with Crippen LogP contribution in [0.15, 0.2) is 70.9 Å². The van der Waals surface area contributed by atoms with Crippen molar-refractivity contribution in [3.8, 4) is 0 Å². The first-order chi connectivity index (χ1) is 13.6. The van der Waals surface area contributed by atoms with Crippen LogP contribution in [0.4, 0.5) is 5.69 Å². The third-order valence-electron chi connectivity index (χ3n) is 4.31. The maximum atomic E-state index is 12.6. The maximum Gasteiger partial charge on any atom is 0.323 e. The number of hydrogen-bond acceptors (Lipinski definition) is 4. The Morgan fingerprint density at radius 1 is 1.18 bits per heavy atom. The van der Waals surface area contributed by atoms with Crippen LogP contribution < -0.4 is 11.0 Å². The summed E-state index contributed by atoms with van der Waals surface area (Å²) in [5.74, 6) is -0.128. The van der Waals surface area contributed by atoms with E-state index in [9.17, 15) is 9.59 Å². The minimum Gasteiger partial charge on any atom is -0.325 e. The Hall–Kier alpha value is -3.26. The van der Waals surface area contributed by atoms with Gasteiger partial charge in [-0.15, -0.1) is 0 Å². The van der Waals surface area contributed by atoms with Crippen LogP contribution in [0, 0.1) is 0 Å². The summed E-state index contributed by atoms with van der Waals surface area (Å²) in [6.07, 6.45) is 3.65. The minimum atomic E-state index is -0.335. The Balaban J connectivity index is 1.43. The zero-order valence-corrected chi connectivity index (χ0v) is 16.0. The molecule has 0 bridgehead atoms. The quantitative estimate of drug-likeness (QED) is 0.438. The lowest BCUT2D eigenvalue weighted by atomic mass is 10.2. The molecule has 0 unspecified atom stereocenters. The second-order valence-corrected chi connectivity index (χ2v) is 7.72. The summed E-state index contributed by atoms with van der Waals surface area (Å²) in [6.45, 7) is 2.55. The topological polar surface area (TPSA) is 95.6 Å². The number of rotatable bonds is 6. The molecule has 0 spiro atoms. The minimum absolute atomic E-state index is 0.128. The van der Waals surface area contributed by atoms with Crippen LogP contribution in [0.3, 0.4) is 0 Å². The number of thioether (sulfide) groups is 1. The van der Waals surface area contributed by atoms with Crippen LogP contribution in [-0.4, -0.2) is 30.7 Å². The fourth-order valence-electron chi connectivity index (χ4n) is 2.88. The molecule has 2 heterocycles. The largest absolute Gasteiger partial charge is 0.325 e. The van der Waals surface area contributed by atoms with Crippen molar-refractivity contribution in [1.29, 1.82) is 0 Å². The number of fused-ring (bicyclic) bond motifs is 1. The fraction of sp³-hybridized carbons (Fsp3) is 0.150. The molecular weight excluding hydrogens is 374 g/mol. The van der Waals surface area contributed by atoms with Gasteiger partial charge in [0.1, 0.15) is 0 Å². The average molecular weight is 393 g/mol. The number of aromatic amines is 2. The summed E-state index contributed by atoms with van der Waals surface area (Å²) in [5.41, 5.74) is 2.89. The van der Waals surface area contributed by atoms with Gasteiger partial charge < -0.3 is 19.9 Å². The molecule has 2 aromatic heterocycles. The molecule has 4 aromatic rings. The van der Waals surface area contributed by atoms with Crippen LogP contribution >= 0.6 is 11.8 Å². The van der Waals surface area contributed by atoms with E-state index in [2.05, 4.69) is 32.4 Å². The smallest absolute Gasteiger partial charge is 0.323 e. The summed E-state index contributed by atoms with van der Waals surface area (Å²) in [4.78, 5) is 33.7. The van der Waals surface area contributed by atoms with Gasteiger partial charge in [-0.3, -0.25) is 4.79 Å². The van der Waals surface area contributed by atoms with Crippen molar-refractivity contribution >= 4 is 34.4 Å². The van der Waals surface area contributed by atoms with Gasteiger partial charge in [0.05, 0.1) is 16.3 Å². The van der Waals surface area contributed by atoms with Crippen molar-refractivity contribution < 1.29 is 4.79 Å². The zero-order valence-electron chi connectivity index (χ0n) is 15.2. The summed E-state index contributed by atoms with van der Waals surface area (Å²) in [6, 6.07) is 15.4. The molecule has 0 saturated carbocycles. The lowest BCUT2D eigenvalue weighted by Crippen LogP contribution is -2.23. The van der Waals surface area contributed by atoms with Crippen molar-refractivity contribution in [2.45, 2.75) is 23.9 Å². The Kier molecular flexibility index (Phi) is 5.03. The Morgan fingerprint density at radius 3 is 2.79 bits per heavy atom. The highest BCUT2D eigenvalue weighted by Gasteiger charge is 2.18. The molecule has 28 heavy (non-hydrogen) atoms. The predicted molar refractivity (Wildman–Crippen MR) is 111 cm³/mol. The van der Waals surface area contributed by atoms with E-state index in [1.807, 2.05) is 35.9 Å².